The molecule has 7 nitrogen and oxygen atoms in total. The van der Waals surface area contributed by atoms with Crippen LogP contribution >= 0.6 is 0 Å². The predicted octanol–water partition coefficient (Wildman–Crippen LogP) is 1.26. The van der Waals surface area contributed by atoms with Crippen LogP contribution in [0.15, 0.2) is 23.1 Å². The van der Waals surface area contributed by atoms with Crippen molar-refractivity contribution < 1.29 is 13.3 Å². The van der Waals surface area contributed by atoms with Crippen LogP contribution in [-0.4, -0.2) is 19.4 Å². The highest BCUT2D eigenvalue weighted by Gasteiger charge is 2.22. The Morgan fingerprint density at radius 3 is 2.70 bits per heavy atom. The molecule has 0 aliphatic carbocycles. The summed E-state index contributed by atoms with van der Waals surface area (Å²) in [6, 6.07) is 2.64. The van der Waals surface area contributed by atoms with Gasteiger partial charge in [0.1, 0.15) is 5.69 Å². The van der Waals surface area contributed by atoms with E-state index in [4.69, 9.17) is 12.2 Å². The smallest absolute Gasteiger partial charge is 0.293 e. The van der Waals surface area contributed by atoms with Crippen LogP contribution < -0.4 is 10.5 Å². The second-order valence-corrected chi connectivity index (χ2v) is 5.82. The zero-order valence-electron chi connectivity index (χ0n) is 10.9. The van der Waals surface area contributed by atoms with E-state index in [-0.39, 0.29) is 10.6 Å². The Bertz CT molecular complexity index is 649. The molecule has 0 heterocycles. The Labute approximate surface area is 117 Å². The van der Waals surface area contributed by atoms with Gasteiger partial charge in [0.05, 0.1) is 15.9 Å². The first-order valence-electron chi connectivity index (χ1n) is 5.84. The average Bonchev–Trinajstić information content (AvgIpc) is 2.37. The molecule has 0 aliphatic heterocycles. The summed E-state index contributed by atoms with van der Waals surface area (Å²) in [6.07, 6.45) is 6.43. The first-order chi connectivity index (χ1) is 9.31. The maximum Gasteiger partial charge on any atom is 0.293 e. The van der Waals surface area contributed by atoms with E-state index in [9.17, 15) is 18.5 Å². The molecule has 0 saturated carbocycles. The normalized spacial score (nSPS) is 12.6. The summed E-state index contributed by atoms with van der Waals surface area (Å²) >= 11 is 0. The van der Waals surface area contributed by atoms with Crippen LogP contribution in [0, 0.1) is 22.5 Å². The molecule has 1 unspecified atom stereocenters. The summed E-state index contributed by atoms with van der Waals surface area (Å²) in [5.41, 5.74) is 4.86. The lowest BCUT2D eigenvalue weighted by atomic mass is 10.2. The third-order valence-electron chi connectivity index (χ3n) is 2.58. The molecule has 1 rings (SSSR count). The van der Waals surface area contributed by atoms with Crippen molar-refractivity contribution in [3.63, 3.8) is 0 Å². The molecule has 1 aromatic carbocycles. The van der Waals surface area contributed by atoms with Gasteiger partial charge in [-0.15, -0.1) is 6.42 Å². The third kappa shape index (κ3) is 3.69. The maximum atomic E-state index is 12.1. The van der Waals surface area contributed by atoms with Crippen molar-refractivity contribution in [3.8, 4) is 12.3 Å². The van der Waals surface area contributed by atoms with Gasteiger partial charge in [-0.1, -0.05) is 19.3 Å². The fourth-order valence-corrected chi connectivity index (χ4v) is 2.78. The molecule has 1 aromatic rings. The number of nitro benzene ring substituents is 1. The molecule has 0 aromatic heterocycles. The number of hydrogen-bond acceptors (Lipinski definition) is 5. The number of nitrogens with two attached hydrogens (primary N) is 1. The van der Waals surface area contributed by atoms with E-state index in [1.54, 1.807) is 0 Å². The highest BCUT2D eigenvalue weighted by molar-refractivity contribution is 7.89. The highest BCUT2D eigenvalue weighted by atomic mass is 32.2. The monoisotopic (exact) mass is 297 g/mol. The molecule has 0 amide bonds. The van der Waals surface area contributed by atoms with Gasteiger partial charge >= 0.3 is 0 Å². The number of hydrogen-bond donors (Lipinski definition) is 2. The van der Waals surface area contributed by atoms with Gasteiger partial charge in [0.15, 0.2) is 0 Å². The molecular formula is C12H15N3O4S. The number of rotatable bonds is 6. The van der Waals surface area contributed by atoms with Crippen LogP contribution in [0.4, 0.5) is 11.4 Å². The first kappa shape index (κ1) is 15.9. The number of nitro groups is 1. The summed E-state index contributed by atoms with van der Waals surface area (Å²) in [7, 11) is -3.92. The van der Waals surface area contributed by atoms with Crippen molar-refractivity contribution in [2.24, 2.45) is 0 Å². The first-order valence-corrected chi connectivity index (χ1v) is 7.32. The van der Waals surface area contributed by atoms with Gasteiger partial charge < -0.3 is 5.73 Å². The van der Waals surface area contributed by atoms with E-state index in [1.807, 2.05) is 6.92 Å². The molecule has 1 atom stereocenters. The second-order valence-electron chi connectivity index (χ2n) is 4.11. The number of anilines is 1. The van der Waals surface area contributed by atoms with Gasteiger partial charge in [-0.05, 0) is 18.6 Å². The van der Waals surface area contributed by atoms with Crippen LogP contribution in [0.25, 0.3) is 0 Å². The van der Waals surface area contributed by atoms with Gasteiger partial charge in [-0.25, -0.2) is 8.42 Å². The Hall–Kier alpha value is -2.11. The van der Waals surface area contributed by atoms with Gasteiger partial charge in [0, 0.05) is 6.07 Å². The molecular weight excluding hydrogens is 282 g/mol. The molecule has 0 radical (unpaired) electrons. The van der Waals surface area contributed by atoms with Crippen molar-refractivity contribution in [3.05, 3.63) is 28.3 Å². The van der Waals surface area contributed by atoms with Gasteiger partial charge in [0.25, 0.3) is 5.69 Å². The predicted molar refractivity (Wildman–Crippen MR) is 75.4 cm³/mol. The number of nitrogen functional groups attached to an aromatic ring is 1. The molecule has 8 heteroatoms. The van der Waals surface area contributed by atoms with Crippen LogP contribution in [-0.2, 0) is 10.0 Å². The molecule has 3 N–H and O–H groups in total. The summed E-state index contributed by atoms with van der Waals surface area (Å²) in [6.45, 7) is 1.87. The number of benzene rings is 1. The van der Waals surface area contributed by atoms with E-state index >= 15 is 0 Å². The van der Waals surface area contributed by atoms with E-state index in [0.29, 0.717) is 12.8 Å². The van der Waals surface area contributed by atoms with E-state index in [2.05, 4.69) is 10.6 Å². The zero-order valence-corrected chi connectivity index (χ0v) is 11.7. The molecule has 20 heavy (non-hydrogen) atoms. The Morgan fingerprint density at radius 2 is 2.20 bits per heavy atom. The minimum absolute atomic E-state index is 0.101. The summed E-state index contributed by atoms with van der Waals surface area (Å²) < 4.78 is 26.5. The SMILES string of the molecule is C#CC(CCC)NS(=O)(=O)c1ccc(N)c([N+](=O)[O-])c1. The van der Waals surface area contributed by atoms with E-state index in [1.165, 1.54) is 12.1 Å². The average molecular weight is 297 g/mol. The Kier molecular flexibility index (Phi) is 5.07. The largest absolute Gasteiger partial charge is 0.393 e. The van der Waals surface area contributed by atoms with Crippen molar-refractivity contribution in [2.75, 3.05) is 5.73 Å². The van der Waals surface area contributed by atoms with E-state index in [0.717, 1.165) is 6.07 Å². The highest BCUT2D eigenvalue weighted by Crippen LogP contribution is 2.24. The van der Waals surface area contributed by atoms with Crippen LogP contribution in [0.3, 0.4) is 0 Å². The lowest BCUT2D eigenvalue weighted by Gasteiger charge is -2.12. The van der Waals surface area contributed by atoms with Crippen molar-refractivity contribution in [1.29, 1.82) is 0 Å². The molecule has 0 spiro atoms. The fraction of sp³-hybridized carbons (Fsp3) is 0.333. The van der Waals surface area contributed by atoms with Gasteiger partial charge in [-0.2, -0.15) is 4.72 Å². The number of terminal acetylenes is 1. The van der Waals surface area contributed by atoms with Gasteiger partial charge in [-0.3, -0.25) is 10.1 Å². The minimum atomic E-state index is -3.92. The summed E-state index contributed by atoms with van der Waals surface area (Å²) in [5.74, 6) is 2.33. The minimum Gasteiger partial charge on any atom is -0.393 e. The lowest BCUT2D eigenvalue weighted by Crippen LogP contribution is -2.33. The molecule has 108 valence electrons. The van der Waals surface area contributed by atoms with Crippen LogP contribution in [0.1, 0.15) is 19.8 Å². The number of sulfonamides is 1. The Morgan fingerprint density at radius 1 is 1.55 bits per heavy atom. The molecule has 0 aliphatic rings. The maximum absolute atomic E-state index is 12.1. The second kappa shape index (κ2) is 6.36. The van der Waals surface area contributed by atoms with Gasteiger partial charge in [0.2, 0.25) is 10.0 Å². The van der Waals surface area contributed by atoms with Crippen LogP contribution in [0.5, 0.6) is 0 Å². The quantitative estimate of drug-likeness (QED) is 0.355. The molecule has 0 saturated heterocycles. The van der Waals surface area contributed by atoms with Crippen LogP contribution in [0.2, 0.25) is 0 Å². The number of nitrogens with one attached hydrogen (secondary N) is 1. The zero-order chi connectivity index (χ0) is 15.3. The van der Waals surface area contributed by atoms with Crippen molar-refractivity contribution in [2.45, 2.75) is 30.7 Å². The lowest BCUT2D eigenvalue weighted by molar-refractivity contribution is -0.384. The summed E-state index contributed by atoms with van der Waals surface area (Å²) in [5, 5.41) is 10.8. The van der Waals surface area contributed by atoms with Crippen molar-refractivity contribution >= 4 is 21.4 Å². The standard InChI is InChI=1S/C12H15N3O4S/c1-3-5-9(4-2)14-20(18,19)10-6-7-11(13)12(8-10)15(16)17/h2,6-9,14H,3,5,13H2,1H3. The fourth-order valence-electron chi connectivity index (χ4n) is 1.57. The molecule has 0 fully saturated rings. The third-order valence-corrected chi connectivity index (χ3v) is 4.05. The van der Waals surface area contributed by atoms with E-state index < -0.39 is 26.7 Å². The molecule has 0 bridgehead atoms. The Balaban J connectivity index is 3.13. The number of nitrogens with zero attached hydrogens (tertiary/aromatic N) is 1. The summed E-state index contributed by atoms with van der Waals surface area (Å²) in [4.78, 5) is 9.78. The topological polar surface area (TPSA) is 115 Å². The van der Waals surface area contributed by atoms with Crippen molar-refractivity contribution in [1.82, 2.24) is 4.72 Å².